The van der Waals surface area contributed by atoms with Gasteiger partial charge in [-0.3, -0.25) is 4.68 Å². The first kappa shape index (κ1) is 14.9. The van der Waals surface area contributed by atoms with E-state index in [0.717, 1.165) is 35.6 Å². The van der Waals surface area contributed by atoms with E-state index in [1.54, 1.807) is 17.2 Å². The molecule has 0 atom stereocenters. The molecule has 1 aliphatic heterocycles. The summed E-state index contributed by atoms with van der Waals surface area (Å²) in [4.78, 5) is 11.1. The molecule has 6 heteroatoms. The third-order valence-corrected chi connectivity index (χ3v) is 4.63. The normalized spacial score (nSPS) is 15.5. The molecule has 1 fully saturated rings. The molecule has 0 amide bonds. The minimum Gasteiger partial charge on any atom is -0.372 e. The summed E-state index contributed by atoms with van der Waals surface area (Å²) in [5.74, 6) is 0.788. The molecule has 0 saturated carbocycles. The average Bonchev–Trinajstić information content (AvgIpc) is 2.83. The molecule has 3 heterocycles. The summed E-state index contributed by atoms with van der Waals surface area (Å²) >= 11 is 0. The van der Waals surface area contributed by atoms with E-state index in [4.69, 9.17) is 0 Å². The quantitative estimate of drug-likeness (QED) is 0.800. The Bertz CT molecular complexity index is 815. The van der Waals surface area contributed by atoms with Crippen molar-refractivity contribution in [2.24, 2.45) is 7.05 Å². The minimum absolute atomic E-state index is 0.788. The highest BCUT2D eigenvalue weighted by atomic mass is 15.3. The van der Waals surface area contributed by atoms with Crippen LogP contribution in [-0.4, -0.2) is 32.8 Å². The summed E-state index contributed by atoms with van der Waals surface area (Å²) < 4.78 is 1.75. The minimum atomic E-state index is 0.788. The number of aryl methyl sites for hydroxylation is 1. The van der Waals surface area contributed by atoms with Crippen molar-refractivity contribution in [1.82, 2.24) is 19.7 Å². The maximum Gasteiger partial charge on any atom is 0.163 e. The summed E-state index contributed by atoms with van der Waals surface area (Å²) in [6.45, 7) is 2.32. The molecule has 1 N–H and O–H groups in total. The second-order valence-electron chi connectivity index (χ2n) is 6.30. The number of nitrogens with one attached hydrogen (secondary N) is 1. The fraction of sp³-hybridized carbons (Fsp3) is 0.389. The molecular weight excluding hydrogens is 300 g/mol. The summed E-state index contributed by atoms with van der Waals surface area (Å²) in [7, 11) is 1.88. The molecule has 1 aliphatic rings. The van der Waals surface area contributed by atoms with Gasteiger partial charge in [-0.1, -0.05) is 12.8 Å². The van der Waals surface area contributed by atoms with Gasteiger partial charge in [0.2, 0.25) is 0 Å². The van der Waals surface area contributed by atoms with Crippen LogP contribution in [0, 0.1) is 0 Å². The Morgan fingerprint density at radius 3 is 2.46 bits per heavy atom. The van der Waals surface area contributed by atoms with Crippen LogP contribution in [0.4, 0.5) is 17.2 Å². The van der Waals surface area contributed by atoms with Gasteiger partial charge in [0.05, 0.1) is 11.6 Å². The lowest BCUT2D eigenvalue weighted by molar-refractivity contribution is 0.726. The summed E-state index contributed by atoms with van der Waals surface area (Å²) in [5, 5.41) is 8.56. The Morgan fingerprint density at radius 2 is 1.71 bits per heavy atom. The van der Waals surface area contributed by atoms with E-state index < -0.39 is 0 Å². The molecule has 6 nitrogen and oxygen atoms in total. The number of rotatable bonds is 3. The van der Waals surface area contributed by atoms with E-state index in [1.807, 2.05) is 7.05 Å². The van der Waals surface area contributed by atoms with Gasteiger partial charge in [0.25, 0.3) is 0 Å². The van der Waals surface area contributed by atoms with Gasteiger partial charge in [-0.15, -0.1) is 0 Å². The molecule has 0 spiro atoms. The van der Waals surface area contributed by atoms with Gasteiger partial charge in [0, 0.05) is 31.5 Å². The first-order valence-corrected chi connectivity index (χ1v) is 8.56. The van der Waals surface area contributed by atoms with Crippen molar-refractivity contribution in [2.45, 2.75) is 25.7 Å². The Balaban J connectivity index is 1.54. The van der Waals surface area contributed by atoms with Crippen molar-refractivity contribution in [3.63, 3.8) is 0 Å². The van der Waals surface area contributed by atoms with Crippen LogP contribution in [0.15, 0.2) is 36.8 Å². The van der Waals surface area contributed by atoms with Gasteiger partial charge in [0.1, 0.15) is 12.1 Å². The summed E-state index contributed by atoms with van der Waals surface area (Å²) in [6, 6.07) is 8.61. The first-order chi connectivity index (χ1) is 11.8. The molecule has 124 valence electrons. The van der Waals surface area contributed by atoms with Gasteiger partial charge in [-0.25, -0.2) is 9.97 Å². The molecule has 1 aromatic carbocycles. The van der Waals surface area contributed by atoms with Crippen LogP contribution in [0.25, 0.3) is 11.0 Å². The fourth-order valence-electron chi connectivity index (χ4n) is 3.28. The van der Waals surface area contributed by atoms with Crippen LogP contribution in [-0.2, 0) is 7.05 Å². The van der Waals surface area contributed by atoms with Crippen LogP contribution >= 0.6 is 0 Å². The van der Waals surface area contributed by atoms with Gasteiger partial charge >= 0.3 is 0 Å². The maximum atomic E-state index is 4.35. The number of benzene rings is 1. The molecule has 3 aromatic rings. The van der Waals surface area contributed by atoms with Gasteiger partial charge in [-0.2, -0.15) is 5.10 Å². The lowest BCUT2D eigenvalue weighted by Gasteiger charge is -2.22. The van der Waals surface area contributed by atoms with Crippen LogP contribution in [0.2, 0.25) is 0 Å². The fourth-order valence-corrected chi connectivity index (χ4v) is 3.28. The zero-order valence-corrected chi connectivity index (χ0v) is 13.9. The summed E-state index contributed by atoms with van der Waals surface area (Å²) in [5.41, 5.74) is 3.16. The average molecular weight is 322 g/mol. The predicted octanol–water partition coefficient (Wildman–Crippen LogP) is 3.49. The molecule has 0 radical (unpaired) electrons. The van der Waals surface area contributed by atoms with E-state index in [-0.39, 0.29) is 0 Å². The molecule has 4 rings (SSSR count). The number of hydrogen-bond donors (Lipinski definition) is 1. The van der Waals surface area contributed by atoms with Crippen molar-refractivity contribution < 1.29 is 0 Å². The highest BCUT2D eigenvalue weighted by molar-refractivity contribution is 5.88. The second kappa shape index (κ2) is 6.47. The molecule has 0 unspecified atom stereocenters. The van der Waals surface area contributed by atoms with Crippen molar-refractivity contribution in [2.75, 3.05) is 23.3 Å². The number of aromatic nitrogens is 4. The molecule has 0 aliphatic carbocycles. The second-order valence-corrected chi connectivity index (χ2v) is 6.30. The first-order valence-electron chi connectivity index (χ1n) is 8.56. The highest BCUT2D eigenvalue weighted by Crippen LogP contribution is 2.25. The van der Waals surface area contributed by atoms with E-state index in [0.29, 0.717) is 0 Å². The predicted molar refractivity (Wildman–Crippen MR) is 96.7 cm³/mol. The lowest BCUT2D eigenvalue weighted by atomic mass is 10.2. The molecule has 0 bridgehead atoms. The number of anilines is 3. The number of nitrogens with zero attached hydrogens (tertiary/aromatic N) is 5. The summed E-state index contributed by atoms with van der Waals surface area (Å²) in [6.07, 6.45) is 8.65. The Morgan fingerprint density at radius 1 is 0.958 bits per heavy atom. The number of hydrogen-bond acceptors (Lipinski definition) is 5. The van der Waals surface area contributed by atoms with Crippen molar-refractivity contribution in [3.8, 4) is 0 Å². The Hall–Kier alpha value is -2.63. The van der Waals surface area contributed by atoms with Crippen molar-refractivity contribution in [3.05, 3.63) is 36.8 Å². The van der Waals surface area contributed by atoms with Crippen molar-refractivity contribution >= 4 is 28.2 Å². The van der Waals surface area contributed by atoms with E-state index in [1.165, 1.54) is 31.4 Å². The number of fused-ring (bicyclic) bond motifs is 1. The maximum absolute atomic E-state index is 4.35. The molecular formula is C18H22N6. The van der Waals surface area contributed by atoms with Gasteiger partial charge in [0.15, 0.2) is 5.65 Å². The zero-order chi connectivity index (χ0) is 16.4. The van der Waals surface area contributed by atoms with Crippen molar-refractivity contribution in [1.29, 1.82) is 0 Å². The smallest absolute Gasteiger partial charge is 0.163 e. The zero-order valence-electron chi connectivity index (χ0n) is 13.9. The van der Waals surface area contributed by atoms with Crippen LogP contribution < -0.4 is 10.2 Å². The van der Waals surface area contributed by atoms with E-state index in [2.05, 4.69) is 49.5 Å². The molecule has 2 aromatic heterocycles. The van der Waals surface area contributed by atoms with Crippen LogP contribution in [0.5, 0.6) is 0 Å². The van der Waals surface area contributed by atoms with Gasteiger partial charge < -0.3 is 10.2 Å². The third-order valence-electron chi connectivity index (χ3n) is 4.63. The van der Waals surface area contributed by atoms with Gasteiger partial charge in [-0.05, 0) is 37.1 Å². The Labute approximate surface area is 141 Å². The Kier molecular flexibility index (Phi) is 4.02. The molecule has 1 saturated heterocycles. The monoisotopic (exact) mass is 322 g/mol. The molecule has 24 heavy (non-hydrogen) atoms. The third kappa shape index (κ3) is 2.91. The SMILES string of the molecule is Cn1ncc2c(Nc3ccc(N4CCCCCC4)cc3)ncnc21. The lowest BCUT2D eigenvalue weighted by Crippen LogP contribution is -2.23. The largest absolute Gasteiger partial charge is 0.372 e. The van der Waals surface area contributed by atoms with E-state index in [9.17, 15) is 0 Å². The topological polar surface area (TPSA) is 58.9 Å². The van der Waals surface area contributed by atoms with Crippen LogP contribution in [0.1, 0.15) is 25.7 Å². The highest BCUT2D eigenvalue weighted by Gasteiger charge is 2.11. The van der Waals surface area contributed by atoms with Crippen LogP contribution in [0.3, 0.4) is 0 Å². The van der Waals surface area contributed by atoms with E-state index >= 15 is 0 Å². The standard InChI is InChI=1S/C18H22N6/c1-23-18-16(12-21-23)17(19-13-20-18)22-14-6-8-15(9-7-14)24-10-4-2-3-5-11-24/h6-9,12-13H,2-5,10-11H2,1H3,(H,19,20,22).